The van der Waals surface area contributed by atoms with Gasteiger partial charge in [0.15, 0.2) is 0 Å². The van der Waals surface area contributed by atoms with Crippen LogP contribution >= 0.6 is 0 Å². The second-order valence-corrected chi connectivity index (χ2v) is 20.4. The fraction of sp³-hybridized carbons (Fsp3) is 0.294. The Balaban J connectivity index is 2.11. The first-order valence-corrected chi connectivity index (χ1v) is 13.7. The fourth-order valence-electron chi connectivity index (χ4n) is 3.89. The van der Waals surface area contributed by atoms with Gasteiger partial charge < -0.3 is 0 Å². The van der Waals surface area contributed by atoms with Gasteiger partial charge in [0, 0.05) is 0 Å². The SMILES string of the molecule is C[Si@]1(c2ccccc2)CCC[Si@]1(C)c1ccccc1. The number of hydrogen-bond acceptors (Lipinski definition) is 0. The van der Waals surface area contributed by atoms with E-state index in [-0.39, 0.29) is 0 Å². The molecule has 0 aliphatic carbocycles. The van der Waals surface area contributed by atoms with Crippen molar-refractivity contribution in [2.75, 3.05) is 0 Å². The van der Waals surface area contributed by atoms with Crippen molar-refractivity contribution in [2.24, 2.45) is 0 Å². The normalized spacial score (nSPS) is 30.4. The van der Waals surface area contributed by atoms with Crippen molar-refractivity contribution in [2.45, 2.75) is 31.6 Å². The molecule has 0 radical (unpaired) electrons. The van der Waals surface area contributed by atoms with Crippen LogP contribution in [0.1, 0.15) is 6.42 Å². The minimum absolute atomic E-state index is 1.32. The maximum atomic E-state index is 2.65. The molecule has 0 N–H and O–H groups in total. The van der Waals surface area contributed by atoms with Crippen LogP contribution in [0.4, 0.5) is 0 Å². The summed E-state index contributed by atoms with van der Waals surface area (Å²) >= 11 is 0. The Morgan fingerprint density at radius 3 is 1.37 bits per heavy atom. The zero-order valence-electron chi connectivity index (χ0n) is 11.9. The van der Waals surface area contributed by atoms with E-state index in [1.807, 2.05) is 0 Å². The molecule has 2 aromatic rings. The molecule has 1 aliphatic rings. The van der Waals surface area contributed by atoms with E-state index >= 15 is 0 Å². The number of rotatable bonds is 2. The maximum absolute atomic E-state index is 2.65. The Morgan fingerprint density at radius 2 is 1.00 bits per heavy atom. The zero-order valence-corrected chi connectivity index (χ0v) is 13.9. The molecule has 1 aliphatic heterocycles. The molecule has 2 aromatic carbocycles. The lowest BCUT2D eigenvalue weighted by Crippen LogP contribution is -2.69. The van der Waals surface area contributed by atoms with Gasteiger partial charge in [0.05, 0.1) is 15.2 Å². The van der Waals surface area contributed by atoms with E-state index in [9.17, 15) is 0 Å². The summed E-state index contributed by atoms with van der Waals surface area (Å²) in [6.45, 7) is 5.29. The second-order valence-electron chi connectivity index (χ2n) is 6.25. The van der Waals surface area contributed by atoms with Gasteiger partial charge >= 0.3 is 0 Å². The highest BCUT2D eigenvalue weighted by Gasteiger charge is 2.53. The summed E-state index contributed by atoms with van der Waals surface area (Å²) in [5.74, 6) is 0. The average molecular weight is 283 g/mol. The Hall–Kier alpha value is -1.13. The van der Waals surface area contributed by atoms with E-state index in [4.69, 9.17) is 0 Å². The fourth-order valence-corrected chi connectivity index (χ4v) is 20.0. The van der Waals surface area contributed by atoms with Gasteiger partial charge in [0.25, 0.3) is 0 Å². The molecule has 0 saturated carbocycles. The molecule has 0 bridgehead atoms. The predicted molar refractivity (Wildman–Crippen MR) is 89.6 cm³/mol. The molecule has 2 atom stereocenters. The van der Waals surface area contributed by atoms with Crippen LogP contribution in [0.2, 0.25) is 25.2 Å². The first-order chi connectivity index (χ1) is 9.17. The van der Waals surface area contributed by atoms with E-state index in [2.05, 4.69) is 73.8 Å². The summed E-state index contributed by atoms with van der Waals surface area (Å²) in [5, 5.41) is 3.37. The third-order valence-corrected chi connectivity index (χ3v) is 24.3. The van der Waals surface area contributed by atoms with Gasteiger partial charge in [-0.2, -0.15) is 0 Å². The monoisotopic (exact) mass is 282 g/mol. The lowest BCUT2D eigenvalue weighted by Gasteiger charge is -2.39. The molecule has 1 fully saturated rings. The smallest absolute Gasteiger partial charge is 0.0669 e. The first-order valence-electron chi connectivity index (χ1n) is 7.28. The summed E-state index contributed by atoms with van der Waals surface area (Å²) in [6.07, 6.45) is 1.44. The third-order valence-electron chi connectivity index (χ3n) is 5.39. The van der Waals surface area contributed by atoms with Crippen molar-refractivity contribution in [1.29, 1.82) is 0 Å². The molecule has 0 unspecified atom stereocenters. The molecule has 98 valence electrons. The van der Waals surface area contributed by atoms with Crippen molar-refractivity contribution in [3.8, 4) is 0 Å². The van der Waals surface area contributed by atoms with Gasteiger partial charge in [-0.05, 0) is 0 Å². The summed E-state index contributed by atoms with van der Waals surface area (Å²) in [6, 6.07) is 25.8. The van der Waals surface area contributed by atoms with Crippen molar-refractivity contribution in [3.63, 3.8) is 0 Å². The lowest BCUT2D eigenvalue weighted by molar-refractivity contribution is 1.08. The Kier molecular flexibility index (Phi) is 3.23. The standard InChI is InChI=1S/C17H22Si2/c1-18(16-10-5-3-6-11-16)14-9-15-19(18,2)17-12-7-4-8-13-17/h3-8,10-13H,9,14-15H2,1-2H3/t18-,19-/m1/s1. The summed E-state index contributed by atoms with van der Waals surface area (Å²) in [4.78, 5) is 0. The molecule has 0 nitrogen and oxygen atoms in total. The minimum atomic E-state index is -1.32. The molecule has 1 saturated heterocycles. The van der Waals surface area contributed by atoms with E-state index < -0.39 is 15.2 Å². The maximum Gasteiger partial charge on any atom is 0.0823 e. The van der Waals surface area contributed by atoms with Crippen LogP contribution in [-0.2, 0) is 0 Å². The zero-order chi connectivity index (χ0) is 13.3. The van der Waals surface area contributed by atoms with Gasteiger partial charge in [-0.15, -0.1) is 0 Å². The highest BCUT2D eigenvalue weighted by Crippen LogP contribution is 2.37. The highest BCUT2D eigenvalue weighted by atomic mass is 29.3. The number of benzene rings is 2. The van der Waals surface area contributed by atoms with Crippen LogP contribution in [0, 0.1) is 0 Å². The molecule has 0 spiro atoms. The van der Waals surface area contributed by atoms with Crippen molar-refractivity contribution in [1.82, 2.24) is 0 Å². The van der Waals surface area contributed by atoms with Gasteiger partial charge in [-0.3, -0.25) is 0 Å². The second kappa shape index (κ2) is 4.76. The number of hydrogen-bond donors (Lipinski definition) is 0. The topological polar surface area (TPSA) is 0 Å². The molecule has 0 amide bonds. The van der Waals surface area contributed by atoms with Gasteiger partial charge in [-0.25, -0.2) is 0 Å². The van der Waals surface area contributed by atoms with Crippen LogP contribution in [-0.4, -0.2) is 15.2 Å². The van der Waals surface area contributed by atoms with Crippen LogP contribution < -0.4 is 10.4 Å². The Morgan fingerprint density at radius 1 is 0.632 bits per heavy atom. The molecule has 2 heteroatoms. The van der Waals surface area contributed by atoms with E-state index in [0.717, 1.165) is 0 Å². The largest absolute Gasteiger partial charge is 0.0823 e. The molecular weight excluding hydrogens is 260 g/mol. The average Bonchev–Trinajstić information content (AvgIpc) is 2.79. The van der Waals surface area contributed by atoms with Crippen LogP contribution in [0.25, 0.3) is 0 Å². The molecule has 1 heterocycles. The predicted octanol–water partition coefficient (Wildman–Crippen LogP) is 3.44. The van der Waals surface area contributed by atoms with E-state index in [0.29, 0.717) is 0 Å². The van der Waals surface area contributed by atoms with Gasteiger partial charge in [0.2, 0.25) is 0 Å². The molecule has 3 rings (SSSR count). The summed E-state index contributed by atoms with van der Waals surface area (Å²) < 4.78 is 0. The van der Waals surface area contributed by atoms with E-state index in [1.54, 1.807) is 10.4 Å². The molecular formula is C17H22Si2. The van der Waals surface area contributed by atoms with Gasteiger partial charge in [0.1, 0.15) is 0 Å². The van der Waals surface area contributed by atoms with Gasteiger partial charge in [-0.1, -0.05) is 103 Å². The Labute approximate surface area is 118 Å². The Bertz CT molecular complexity index is 500. The van der Waals surface area contributed by atoms with E-state index in [1.165, 1.54) is 18.5 Å². The summed E-state index contributed by atoms with van der Waals surface area (Å²) in [7, 11) is -2.64. The molecule has 19 heavy (non-hydrogen) atoms. The minimum Gasteiger partial charge on any atom is -0.0669 e. The third kappa shape index (κ3) is 1.94. The van der Waals surface area contributed by atoms with Crippen molar-refractivity contribution < 1.29 is 0 Å². The summed E-state index contributed by atoms with van der Waals surface area (Å²) in [5.41, 5.74) is 0. The quantitative estimate of drug-likeness (QED) is 0.740. The van der Waals surface area contributed by atoms with Crippen molar-refractivity contribution >= 4 is 25.6 Å². The lowest BCUT2D eigenvalue weighted by atomic mass is 10.4. The van der Waals surface area contributed by atoms with Crippen LogP contribution in [0.5, 0.6) is 0 Å². The molecule has 0 aromatic heterocycles. The van der Waals surface area contributed by atoms with Crippen LogP contribution in [0.15, 0.2) is 60.7 Å². The first kappa shape index (κ1) is 12.9. The van der Waals surface area contributed by atoms with Crippen molar-refractivity contribution in [3.05, 3.63) is 60.7 Å². The van der Waals surface area contributed by atoms with Crippen LogP contribution in [0.3, 0.4) is 0 Å². The highest BCUT2D eigenvalue weighted by molar-refractivity contribution is 7.51.